The van der Waals surface area contributed by atoms with E-state index in [1.54, 1.807) is 6.92 Å². The topological polar surface area (TPSA) is 102 Å². The second-order valence-electron chi connectivity index (χ2n) is 7.99. The number of hydrogen-bond acceptors (Lipinski definition) is 4. The number of benzene rings is 1. The van der Waals surface area contributed by atoms with Gasteiger partial charge in [0.1, 0.15) is 17.6 Å². The monoisotopic (exact) mass is 366 g/mol. The number of rotatable bonds is 4. The highest BCUT2D eigenvalue weighted by Crippen LogP contribution is 2.39. The molecule has 2 aliphatic carbocycles. The third-order valence-corrected chi connectivity index (χ3v) is 6.00. The molecule has 1 aliphatic heterocycles. The van der Waals surface area contributed by atoms with Crippen molar-refractivity contribution in [2.45, 2.75) is 50.1 Å². The Kier molecular flexibility index (Phi) is 3.95. The molecule has 1 saturated carbocycles. The summed E-state index contributed by atoms with van der Waals surface area (Å²) in [5, 5.41) is 14.9. The summed E-state index contributed by atoms with van der Waals surface area (Å²) in [5.41, 5.74) is 0.323. The summed E-state index contributed by atoms with van der Waals surface area (Å²) in [6.07, 6.45) is 3.46. The number of aryl methyl sites for hydroxylation is 1. The first-order valence-electron chi connectivity index (χ1n) is 9.30. The quantitative estimate of drug-likeness (QED) is 0.784. The van der Waals surface area contributed by atoms with Crippen LogP contribution in [-0.4, -0.2) is 40.4 Å². The summed E-state index contributed by atoms with van der Waals surface area (Å²) >= 11 is 0. The predicted octanol–water partition coefficient (Wildman–Crippen LogP) is 1.27. The molecule has 7 heteroatoms. The van der Waals surface area contributed by atoms with Gasteiger partial charge >= 0.3 is 6.03 Å². The summed E-state index contributed by atoms with van der Waals surface area (Å²) in [6.45, 7) is 1.33. The van der Waals surface area contributed by atoms with Crippen molar-refractivity contribution in [2.75, 3.05) is 6.54 Å². The maximum atomic E-state index is 13.0. The summed E-state index contributed by atoms with van der Waals surface area (Å²) in [4.78, 5) is 38.9. The van der Waals surface area contributed by atoms with Gasteiger partial charge in [-0.2, -0.15) is 5.26 Å². The van der Waals surface area contributed by atoms with Crippen LogP contribution in [0.15, 0.2) is 24.3 Å². The van der Waals surface area contributed by atoms with Gasteiger partial charge in [0.25, 0.3) is 5.91 Å². The molecule has 2 N–H and O–H groups in total. The van der Waals surface area contributed by atoms with Gasteiger partial charge in [-0.05, 0) is 49.7 Å². The number of carbonyl (C=O) groups is 3. The summed E-state index contributed by atoms with van der Waals surface area (Å²) in [7, 11) is 0. The van der Waals surface area contributed by atoms with Gasteiger partial charge < -0.3 is 10.6 Å². The molecular formula is C20H22N4O3. The van der Waals surface area contributed by atoms with Crippen molar-refractivity contribution in [2.24, 2.45) is 5.92 Å². The smallest absolute Gasteiger partial charge is 0.325 e. The van der Waals surface area contributed by atoms with Crippen LogP contribution in [0.4, 0.5) is 4.79 Å². The van der Waals surface area contributed by atoms with Gasteiger partial charge in [0.2, 0.25) is 5.91 Å². The fraction of sp³-hybridized carbons (Fsp3) is 0.500. The van der Waals surface area contributed by atoms with Crippen LogP contribution >= 0.6 is 0 Å². The second kappa shape index (κ2) is 6.08. The van der Waals surface area contributed by atoms with Crippen molar-refractivity contribution >= 4 is 17.8 Å². The Labute approximate surface area is 157 Å². The molecule has 2 fully saturated rings. The minimum Gasteiger partial charge on any atom is -0.336 e. The zero-order chi connectivity index (χ0) is 19.2. The molecule has 140 valence electrons. The minimum atomic E-state index is -0.971. The number of amides is 4. The highest BCUT2D eigenvalue weighted by atomic mass is 16.2. The lowest BCUT2D eigenvalue weighted by Crippen LogP contribution is -2.53. The lowest BCUT2D eigenvalue weighted by atomic mass is 9.78. The van der Waals surface area contributed by atoms with Gasteiger partial charge in [-0.15, -0.1) is 0 Å². The van der Waals surface area contributed by atoms with E-state index in [0.29, 0.717) is 19.3 Å². The zero-order valence-corrected chi connectivity index (χ0v) is 15.2. The van der Waals surface area contributed by atoms with Gasteiger partial charge in [-0.25, -0.2) is 4.79 Å². The number of fused-ring (bicyclic) bond motifs is 1. The Hall–Kier alpha value is -2.88. The Balaban J connectivity index is 1.48. The third-order valence-electron chi connectivity index (χ3n) is 6.00. The van der Waals surface area contributed by atoms with Gasteiger partial charge in [-0.1, -0.05) is 24.3 Å². The van der Waals surface area contributed by atoms with Gasteiger partial charge in [0.05, 0.1) is 6.07 Å². The number of nitriles is 1. The minimum absolute atomic E-state index is 0.135. The Morgan fingerprint density at radius 3 is 2.74 bits per heavy atom. The standard InChI is InChI=1S/C20H22N4O3/c1-19(12-21,15-6-7-15)22-16(25)11-24-17(26)20(23-18(24)27)9-8-13-4-2-3-5-14(13)10-20/h2-5,15H,6-11H2,1H3,(H,22,25)(H,23,27). The molecule has 0 radical (unpaired) electrons. The molecule has 4 amide bonds. The van der Waals surface area contributed by atoms with Gasteiger partial charge in [0, 0.05) is 6.42 Å². The number of nitrogens with one attached hydrogen (secondary N) is 2. The summed E-state index contributed by atoms with van der Waals surface area (Å²) in [5.74, 6) is -0.708. The van der Waals surface area contributed by atoms with E-state index in [0.717, 1.165) is 23.3 Å². The van der Waals surface area contributed by atoms with E-state index in [2.05, 4.69) is 16.7 Å². The van der Waals surface area contributed by atoms with Crippen LogP contribution in [0.3, 0.4) is 0 Å². The molecule has 0 aromatic heterocycles. The molecule has 1 heterocycles. The van der Waals surface area contributed by atoms with E-state index >= 15 is 0 Å². The summed E-state index contributed by atoms with van der Waals surface area (Å²) < 4.78 is 0. The molecule has 1 aromatic carbocycles. The zero-order valence-electron chi connectivity index (χ0n) is 15.2. The Morgan fingerprint density at radius 1 is 1.37 bits per heavy atom. The van der Waals surface area contributed by atoms with E-state index in [-0.39, 0.29) is 18.4 Å². The van der Waals surface area contributed by atoms with Crippen molar-refractivity contribution in [1.29, 1.82) is 5.26 Å². The lowest BCUT2D eigenvalue weighted by molar-refractivity contribution is -0.135. The molecular weight excluding hydrogens is 344 g/mol. The SMILES string of the molecule is CC(C#N)(NC(=O)CN1C(=O)NC2(CCc3ccccc3C2)C1=O)C1CC1. The number of hydrogen-bond donors (Lipinski definition) is 2. The van der Waals surface area contributed by atoms with Crippen LogP contribution in [0.2, 0.25) is 0 Å². The van der Waals surface area contributed by atoms with Gasteiger partial charge in [0.15, 0.2) is 0 Å². The van der Waals surface area contributed by atoms with E-state index in [1.807, 2.05) is 24.3 Å². The largest absolute Gasteiger partial charge is 0.336 e. The first kappa shape index (κ1) is 17.5. The molecule has 1 spiro atoms. The maximum absolute atomic E-state index is 13.0. The van der Waals surface area contributed by atoms with Crippen LogP contribution in [0.25, 0.3) is 0 Å². The predicted molar refractivity (Wildman–Crippen MR) is 96.3 cm³/mol. The number of urea groups is 1. The molecule has 4 rings (SSSR count). The highest BCUT2D eigenvalue weighted by molar-refractivity contribution is 6.09. The fourth-order valence-electron chi connectivity index (χ4n) is 4.20. The first-order valence-corrected chi connectivity index (χ1v) is 9.30. The van der Waals surface area contributed by atoms with Crippen molar-refractivity contribution < 1.29 is 14.4 Å². The molecule has 3 aliphatic rings. The van der Waals surface area contributed by atoms with Crippen LogP contribution in [0.1, 0.15) is 37.3 Å². The van der Waals surface area contributed by atoms with Crippen molar-refractivity contribution in [1.82, 2.24) is 15.5 Å². The molecule has 1 aromatic rings. The van der Waals surface area contributed by atoms with E-state index in [1.165, 1.54) is 5.56 Å². The van der Waals surface area contributed by atoms with Crippen LogP contribution in [0.5, 0.6) is 0 Å². The van der Waals surface area contributed by atoms with Crippen LogP contribution in [0, 0.1) is 17.2 Å². The summed E-state index contributed by atoms with van der Waals surface area (Å²) in [6, 6.07) is 9.51. The molecule has 2 atom stereocenters. The van der Waals surface area contributed by atoms with Crippen LogP contribution < -0.4 is 10.6 Å². The number of carbonyl (C=O) groups excluding carboxylic acids is 3. The Morgan fingerprint density at radius 2 is 2.07 bits per heavy atom. The molecule has 2 unspecified atom stereocenters. The highest BCUT2D eigenvalue weighted by Gasteiger charge is 2.53. The molecule has 27 heavy (non-hydrogen) atoms. The Bertz CT molecular complexity index is 872. The molecule has 0 bridgehead atoms. The average molecular weight is 366 g/mol. The maximum Gasteiger partial charge on any atom is 0.325 e. The number of nitrogens with zero attached hydrogens (tertiary/aromatic N) is 2. The third kappa shape index (κ3) is 2.95. The second-order valence-corrected chi connectivity index (χ2v) is 7.99. The number of imide groups is 1. The molecule has 1 saturated heterocycles. The first-order chi connectivity index (χ1) is 12.9. The van der Waals surface area contributed by atoms with Crippen molar-refractivity contribution in [3.8, 4) is 6.07 Å². The van der Waals surface area contributed by atoms with Crippen molar-refractivity contribution in [3.63, 3.8) is 0 Å². The van der Waals surface area contributed by atoms with Gasteiger partial charge in [-0.3, -0.25) is 14.5 Å². The van der Waals surface area contributed by atoms with E-state index in [4.69, 9.17) is 0 Å². The normalized spacial score (nSPS) is 26.1. The van der Waals surface area contributed by atoms with E-state index < -0.39 is 23.0 Å². The van der Waals surface area contributed by atoms with Crippen molar-refractivity contribution in [3.05, 3.63) is 35.4 Å². The lowest BCUT2D eigenvalue weighted by Gasteiger charge is -2.32. The molecule has 7 nitrogen and oxygen atoms in total. The van der Waals surface area contributed by atoms with Crippen LogP contribution in [-0.2, 0) is 22.4 Å². The average Bonchev–Trinajstić information content (AvgIpc) is 3.48. The van der Waals surface area contributed by atoms with E-state index in [9.17, 15) is 19.6 Å². The fourth-order valence-corrected chi connectivity index (χ4v) is 4.20.